The highest BCUT2D eigenvalue weighted by atomic mass is 19.4. The molecule has 0 aliphatic heterocycles. The molecule has 0 fully saturated rings. The molecule has 0 radical (unpaired) electrons. The number of halogens is 3. The van der Waals surface area contributed by atoms with E-state index in [4.69, 9.17) is 9.84 Å². The van der Waals surface area contributed by atoms with Gasteiger partial charge < -0.3 is 20.3 Å². The molecule has 1 aromatic rings. The summed E-state index contributed by atoms with van der Waals surface area (Å²) in [4.78, 5) is 22.7. The number of aliphatic hydroxyl groups excluding tert-OH is 1. The highest BCUT2D eigenvalue weighted by Crippen LogP contribution is 2.32. The molecule has 0 bridgehead atoms. The van der Waals surface area contributed by atoms with Gasteiger partial charge in [0.25, 0.3) is 0 Å². The highest BCUT2D eigenvalue weighted by Gasteiger charge is 2.31. The molecule has 0 saturated carbocycles. The molecule has 1 aromatic carbocycles. The number of allylic oxidation sites excluding steroid dienone is 1. The van der Waals surface area contributed by atoms with Crippen LogP contribution in [0.15, 0.2) is 36.4 Å². The zero-order valence-electron chi connectivity index (χ0n) is 15.8. The smallest absolute Gasteiger partial charge is 0.416 e. The van der Waals surface area contributed by atoms with Crippen LogP contribution < -0.4 is 5.32 Å². The van der Waals surface area contributed by atoms with Gasteiger partial charge in [0.05, 0.1) is 18.2 Å². The van der Waals surface area contributed by atoms with Crippen LogP contribution in [0.2, 0.25) is 0 Å². The van der Waals surface area contributed by atoms with Crippen molar-refractivity contribution in [3.05, 3.63) is 47.5 Å². The van der Waals surface area contributed by atoms with E-state index >= 15 is 0 Å². The third kappa shape index (κ3) is 7.99. The number of rotatable bonds is 7. The molecule has 0 saturated heterocycles. The summed E-state index contributed by atoms with van der Waals surface area (Å²) in [6.45, 7) is 4.45. The average molecular weight is 403 g/mol. The second-order valence-electron chi connectivity index (χ2n) is 7.14. The SMILES string of the molecule is CC(C)(C)OC(=O)N[C@H](CO)[C@@H](CC=CC(=O)O)c1ccc(C(F)(F)F)cc1. The molecular formula is C19H24F3NO5. The monoisotopic (exact) mass is 403 g/mol. The first-order valence-electron chi connectivity index (χ1n) is 8.50. The summed E-state index contributed by atoms with van der Waals surface area (Å²) in [5.41, 5.74) is -1.22. The van der Waals surface area contributed by atoms with Gasteiger partial charge in [0.15, 0.2) is 0 Å². The number of hydrogen-bond donors (Lipinski definition) is 3. The topological polar surface area (TPSA) is 95.9 Å². The predicted molar refractivity (Wildman–Crippen MR) is 95.8 cm³/mol. The number of alkyl carbamates (subject to hydrolysis) is 1. The highest BCUT2D eigenvalue weighted by molar-refractivity contribution is 5.79. The molecule has 0 aliphatic carbocycles. The van der Waals surface area contributed by atoms with Gasteiger partial charge in [0, 0.05) is 12.0 Å². The molecule has 0 heterocycles. The second-order valence-corrected chi connectivity index (χ2v) is 7.14. The van der Waals surface area contributed by atoms with Crippen molar-refractivity contribution in [3.63, 3.8) is 0 Å². The van der Waals surface area contributed by atoms with Gasteiger partial charge in [-0.25, -0.2) is 9.59 Å². The maximum Gasteiger partial charge on any atom is 0.416 e. The van der Waals surface area contributed by atoms with E-state index in [2.05, 4.69) is 5.32 Å². The van der Waals surface area contributed by atoms with Crippen molar-refractivity contribution in [2.45, 2.75) is 50.9 Å². The zero-order chi connectivity index (χ0) is 21.5. The first-order valence-corrected chi connectivity index (χ1v) is 8.50. The van der Waals surface area contributed by atoms with Gasteiger partial charge >= 0.3 is 18.2 Å². The zero-order valence-corrected chi connectivity index (χ0v) is 15.8. The van der Waals surface area contributed by atoms with Crippen molar-refractivity contribution in [1.29, 1.82) is 0 Å². The van der Waals surface area contributed by atoms with Crippen molar-refractivity contribution in [2.75, 3.05) is 6.61 Å². The van der Waals surface area contributed by atoms with Crippen LogP contribution in [-0.2, 0) is 15.7 Å². The number of alkyl halides is 3. The van der Waals surface area contributed by atoms with Crippen molar-refractivity contribution in [1.82, 2.24) is 5.32 Å². The maximum atomic E-state index is 12.8. The lowest BCUT2D eigenvalue weighted by atomic mass is 9.88. The number of aliphatic hydroxyl groups is 1. The number of ether oxygens (including phenoxy) is 1. The lowest BCUT2D eigenvalue weighted by molar-refractivity contribution is -0.137. The van der Waals surface area contributed by atoms with E-state index in [-0.39, 0.29) is 6.42 Å². The van der Waals surface area contributed by atoms with Crippen LogP contribution in [0.5, 0.6) is 0 Å². The van der Waals surface area contributed by atoms with Crippen LogP contribution in [0, 0.1) is 0 Å². The number of carboxylic acid groups (broad SMARTS) is 1. The van der Waals surface area contributed by atoms with Crippen molar-refractivity contribution in [2.24, 2.45) is 0 Å². The number of carboxylic acids is 1. The third-order valence-electron chi connectivity index (χ3n) is 3.70. The number of benzene rings is 1. The lowest BCUT2D eigenvalue weighted by Crippen LogP contribution is -2.44. The summed E-state index contributed by atoms with van der Waals surface area (Å²) in [5.74, 6) is -1.86. The molecule has 2 atom stereocenters. The molecule has 6 nitrogen and oxygen atoms in total. The summed E-state index contributed by atoms with van der Waals surface area (Å²) in [5, 5.41) is 20.9. The second kappa shape index (κ2) is 9.59. The number of carbonyl (C=O) groups excluding carboxylic acids is 1. The van der Waals surface area contributed by atoms with Crippen LogP contribution >= 0.6 is 0 Å². The summed E-state index contributed by atoms with van der Waals surface area (Å²) < 4.78 is 43.5. The molecule has 9 heteroatoms. The number of nitrogens with one attached hydrogen (secondary N) is 1. The van der Waals surface area contributed by atoms with Crippen LogP contribution in [-0.4, -0.2) is 40.5 Å². The largest absolute Gasteiger partial charge is 0.478 e. The minimum atomic E-state index is -4.50. The van der Waals surface area contributed by atoms with Crippen molar-refractivity contribution >= 4 is 12.1 Å². The standard InChI is InChI=1S/C19H24F3NO5/c1-18(2,3)28-17(27)23-15(11-24)14(5-4-6-16(25)26)12-7-9-13(10-8-12)19(20,21)22/h4,6-10,14-15,24H,5,11H2,1-3H3,(H,23,27)(H,25,26)/t14-,15+/m0/s1. The molecule has 156 valence electrons. The minimum absolute atomic E-state index is 0.0681. The Labute approximate surface area is 161 Å². The first-order chi connectivity index (χ1) is 12.8. The quantitative estimate of drug-likeness (QED) is 0.604. The molecule has 0 aromatic heterocycles. The Morgan fingerprint density at radius 3 is 2.18 bits per heavy atom. The van der Waals surface area contributed by atoms with Gasteiger partial charge in [0.1, 0.15) is 5.60 Å². The summed E-state index contributed by atoms with van der Waals surface area (Å²) in [7, 11) is 0. The van der Waals surface area contributed by atoms with E-state index in [0.717, 1.165) is 18.2 Å². The molecule has 0 aliphatic rings. The van der Waals surface area contributed by atoms with E-state index in [1.54, 1.807) is 20.8 Å². The van der Waals surface area contributed by atoms with E-state index < -0.39 is 48.0 Å². The maximum absolute atomic E-state index is 12.8. The van der Waals surface area contributed by atoms with Gasteiger partial charge in [-0.3, -0.25) is 0 Å². The van der Waals surface area contributed by atoms with E-state index in [0.29, 0.717) is 5.56 Å². The molecule has 1 rings (SSSR count). The Hall–Kier alpha value is -2.55. The first kappa shape index (κ1) is 23.5. The van der Waals surface area contributed by atoms with Crippen molar-refractivity contribution < 1.29 is 37.7 Å². The molecule has 28 heavy (non-hydrogen) atoms. The fourth-order valence-corrected chi connectivity index (χ4v) is 2.50. The Balaban J connectivity index is 3.11. The molecule has 0 unspecified atom stereocenters. The van der Waals surface area contributed by atoms with Crippen LogP contribution in [0.1, 0.15) is 44.2 Å². The third-order valence-corrected chi connectivity index (χ3v) is 3.70. The van der Waals surface area contributed by atoms with Gasteiger partial charge in [-0.2, -0.15) is 13.2 Å². The Bertz CT molecular complexity index is 693. The Morgan fingerprint density at radius 2 is 1.75 bits per heavy atom. The molecular weight excluding hydrogens is 379 g/mol. The normalized spacial score (nSPS) is 14.5. The summed E-state index contributed by atoms with van der Waals surface area (Å²) >= 11 is 0. The fourth-order valence-electron chi connectivity index (χ4n) is 2.50. The van der Waals surface area contributed by atoms with Gasteiger partial charge in [-0.05, 0) is 44.9 Å². The predicted octanol–water partition coefficient (Wildman–Crippen LogP) is 3.71. The minimum Gasteiger partial charge on any atom is -0.478 e. The Morgan fingerprint density at radius 1 is 1.18 bits per heavy atom. The number of carbonyl (C=O) groups is 2. The summed E-state index contributed by atoms with van der Waals surface area (Å²) in [6.07, 6.45) is -3.03. The lowest BCUT2D eigenvalue weighted by Gasteiger charge is -2.28. The van der Waals surface area contributed by atoms with E-state index in [1.807, 2.05) is 0 Å². The number of hydrogen-bond acceptors (Lipinski definition) is 4. The number of amides is 1. The van der Waals surface area contributed by atoms with Gasteiger partial charge in [0.2, 0.25) is 0 Å². The van der Waals surface area contributed by atoms with Gasteiger partial charge in [-0.15, -0.1) is 0 Å². The molecule has 1 amide bonds. The average Bonchev–Trinajstić information content (AvgIpc) is 2.54. The van der Waals surface area contributed by atoms with Crippen LogP contribution in [0.3, 0.4) is 0 Å². The molecule has 0 spiro atoms. The van der Waals surface area contributed by atoms with Crippen LogP contribution in [0.25, 0.3) is 0 Å². The van der Waals surface area contributed by atoms with Gasteiger partial charge in [-0.1, -0.05) is 18.2 Å². The summed E-state index contributed by atoms with van der Waals surface area (Å²) in [6, 6.07) is 3.37. The Kier molecular flexibility index (Phi) is 8.04. The fraction of sp³-hybridized carbons (Fsp3) is 0.474. The van der Waals surface area contributed by atoms with E-state index in [1.165, 1.54) is 18.2 Å². The molecule has 3 N–H and O–H groups in total. The number of aliphatic carboxylic acids is 1. The van der Waals surface area contributed by atoms with Crippen LogP contribution in [0.4, 0.5) is 18.0 Å². The van der Waals surface area contributed by atoms with E-state index in [9.17, 15) is 27.9 Å². The van der Waals surface area contributed by atoms with Crippen molar-refractivity contribution in [3.8, 4) is 0 Å².